The van der Waals surface area contributed by atoms with Crippen LogP contribution in [0.3, 0.4) is 0 Å². The molecule has 1 heterocycles. The molecule has 1 fully saturated rings. The summed E-state index contributed by atoms with van der Waals surface area (Å²) in [6.45, 7) is 4.10. The Hall–Kier alpha value is -3.72. The number of carbonyl (C=O) groups is 2. The Morgan fingerprint density at radius 1 is 1.12 bits per heavy atom. The number of ether oxygens (including phenoxy) is 2. The number of hydrogen-bond acceptors (Lipinski definition) is 7. The van der Waals surface area contributed by atoms with Crippen molar-refractivity contribution in [3.05, 3.63) is 75.3 Å². The van der Waals surface area contributed by atoms with E-state index in [2.05, 4.69) is 0 Å². The van der Waals surface area contributed by atoms with E-state index in [1.807, 2.05) is 13.8 Å². The van der Waals surface area contributed by atoms with Crippen molar-refractivity contribution < 1.29 is 29.1 Å². The third kappa shape index (κ3) is 4.62. The molecule has 0 saturated carbocycles. The Kier molecular flexibility index (Phi) is 6.89. The van der Waals surface area contributed by atoms with E-state index in [1.165, 1.54) is 36.3 Å². The quantitative estimate of drug-likeness (QED) is 0.219. The van der Waals surface area contributed by atoms with Gasteiger partial charge in [-0.1, -0.05) is 12.1 Å². The lowest BCUT2D eigenvalue weighted by Crippen LogP contribution is -2.33. The second-order valence-corrected chi connectivity index (χ2v) is 7.49. The monoisotopic (exact) mass is 440 g/mol. The average molecular weight is 440 g/mol. The molecule has 32 heavy (non-hydrogen) atoms. The van der Waals surface area contributed by atoms with Gasteiger partial charge in [0.1, 0.15) is 11.5 Å². The molecular weight excluding hydrogens is 416 g/mol. The average Bonchev–Trinajstić information content (AvgIpc) is 3.03. The Labute approximate surface area is 185 Å². The fourth-order valence-electron chi connectivity index (χ4n) is 3.53. The van der Waals surface area contributed by atoms with Crippen molar-refractivity contribution in [3.8, 4) is 5.75 Å². The molecule has 3 rings (SSSR count). The number of amides is 1. The van der Waals surface area contributed by atoms with Gasteiger partial charge in [0.2, 0.25) is 0 Å². The maximum absolute atomic E-state index is 12.9. The minimum Gasteiger partial charge on any atom is -0.507 e. The van der Waals surface area contributed by atoms with Crippen LogP contribution >= 0.6 is 0 Å². The van der Waals surface area contributed by atoms with Crippen LogP contribution in [0.15, 0.2) is 54.1 Å². The fourth-order valence-corrected chi connectivity index (χ4v) is 3.53. The van der Waals surface area contributed by atoms with Crippen LogP contribution in [-0.4, -0.2) is 53.0 Å². The molecular formula is C23H24N2O7. The number of ketones is 1. The van der Waals surface area contributed by atoms with Gasteiger partial charge in [-0.2, -0.15) is 0 Å². The molecule has 2 aromatic rings. The van der Waals surface area contributed by atoms with E-state index in [0.717, 1.165) is 0 Å². The van der Waals surface area contributed by atoms with Crippen LogP contribution < -0.4 is 4.74 Å². The van der Waals surface area contributed by atoms with Crippen molar-refractivity contribution >= 4 is 23.1 Å². The Morgan fingerprint density at radius 2 is 1.75 bits per heavy atom. The zero-order chi connectivity index (χ0) is 23.4. The lowest BCUT2D eigenvalue weighted by molar-refractivity contribution is -0.384. The molecule has 0 radical (unpaired) electrons. The molecule has 2 aromatic carbocycles. The van der Waals surface area contributed by atoms with Crippen molar-refractivity contribution in [3.63, 3.8) is 0 Å². The molecule has 1 aliphatic heterocycles. The first-order valence-corrected chi connectivity index (χ1v) is 10.0. The van der Waals surface area contributed by atoms with E-state index in [4.69, 9.17) is 9.47 Å². The maximum atomic E-state index is 12.9. The van der Waals surface area contributed by atoms with Crippen LogP contribution in [0.2, 0.25) is 0 Å². The second-order valence-electron chi connectivity index (χ2n) is 7.49. The Bertz CT molecular complexity index is 1040. The standard InChI is InChI=1S/C23H24N2O7/c1-14(2)32-13-12-24-20(15-6-10-18(31-3)11-7-15)19(22(27)23(24)28)21(26)16-4-8-17(9-5-16)25(29)30/h4-11,14,20,26H,12-13H2,1-3H3/b21-19-. The van der Waals surface area contributed by atoms with Crippen molar-refractivity contribution in [1.82, 2.24) is 4.90 Å². The number of aliphatic hydroxyl groups is 1. The lowest BCUT2D eigenvalue weighted by Gasteiger charge is -2.25. The smallest absolute Gasteiger partial charge is 0.295 e. The summed E-state index contributed by atoms with van der Waals surface area (Å²) in [5.41, 5.74) is 0.571. The molecule has 1 N–H and O–H groups in total. The lowest BCUT2D eigenvalue weighted by atomic mass is 9.95. The van der Waals surface area contributed by atoms with E-state index in [0.29, 0.717) is 11.3 Å². The predicted molar refractivity (Wildman–Crippen MR) is 116 cm³/mol. The number of hydrogen-bond donors (Lipinski definition) is 1. The molecule has 0 aliphatic carbocycles. The summed E-state index contributed by atoms with van der Waals surface area (Å²) in [4.78, 5) is 37.5. The van der Waals surface area contributed by atoms with Crippen molar-refractivity contribution in [2.75, 3.05) is 20.3 Å². The van der Waals surface area contributed by atoms with E-state index in [1.54, 1.807) is 24.3 Å². The molecule has 1 amide bonds. The molecule has 1 atom stereocenters. The highest BCUT2D eigenvalue weighted by molar-refractivity contribution is 6.46. The van der Waals surface area contributed by atoms with Crippen LogP contribution in [0.5, 0.6) is 5.75 Å². The Balaban J connectivity index is 2.07. The zero-order valence-electron chi connectivity index (χ0n) is 18.0. The molecule has 168 valence electrons. The maximum Gasteiger partial charge on any atom is 0.295 e. The topological polar surface area (TPSA) is 119 Å². The molecule has 1 unspecified atom stereocenters. The summed E-state index contributed by atoms with van der Waals surface area (Å²) in [5, 5.41) is 21.9. The first-order valence-electron chi connectivity index (χ1n) is 10.0. The van der Waals surface area contributed by atoms with E-state index < -0.39 is 28.4 Å². The molecule has 0 aromatic heterocycles. The van der Waals surface area contributed by atoms with Crippen molar-refractivity contribution in [2.24, 2.45) is 0 Å². The highest BCUT2D eigenvalue weighted by atomic mass is 16.6. The molecule has 9 heteroatoms. The van der Waals surface area contributed by atoms with Gasteiger partial charge in [0.05, 0.1) is 36.4 Å². The van der Waals surface area contributed by atoms with Gasteiger partial charge in [-0.05, 0) is 43.7 Å². The third-order valence-electron chi connectivity index (χ3n) is 5.11. The number of nitrogens with zero attached hydrogens (tertiary/aromatic N) is 2. The summed E-state index contributed by atoms with van der Waals surface area (Å²) >= 11 is 0. The fraction of sp³-hybridized carbons (Fsp3) is 0.304. The van der Waals surface area contributed by atoms with E-state index in [-0.39, 0.29) is 36.1 Å². The normalized spacial score (nSPS) is 17.8. The summed E-state index contributed by atoms with van der Waals surface area (Å²) in [5.74, 6) is -1.37. The number of non-ortho nitro benzene ring substituents is 1. The number of Topliss-reactive ketones (excluding diaryl/α,β-unsaturated/α-hetero) is 1. The van der Waals surface area contributed by atoms with E-state index in [9.17, 15) is 24.8 Å². The number of nitro groups is 1. The number of likely N-dealkylation sites (tertiary alicyclic amines) is 1. The summed E-state index contributed by atoms with van der Waals surface area (Å²) in [6.07, 6.45) is -0.0497. The van der Waals surface area contributed by atoms with Gasteiger partial charge in [0.25, 0.3) is 17.4 Å². The van der Waals surface area contributed by atoms with Crippen LogP contribution in [-0.2, 0) is 14.3 Å². The minimum absolute atomic E-state index is 0.0497. The number of benzene rings is 2. The number of nitro benzene ring substituents is 1. The van der Waals surface area contributed by atoms with Crippen molar-refractivity contribution in [1.29, 1.82) is 0 Å². The SMILES string of the molecule is COc1ccc(C2/C(=C(/O)c3ccc([N+](=O)[O-])cc3)C(=O)C(=O)N2CCOC(C)C)cc1. The van der Waals surface area contributed by atoms with Crippen LogP contribution in [0.4, 0.5) is 5.69 Å². The highest BCUT2D eigenvalue weighted by Crippen LogP contribution is 2.39. The van der Waals surface area contributed by atoms with Crippen molar-refractivity contribution in [2.45, 2.75) is 26.0 Å². The van der Waals surface area contributed by atoms with Gasteiger partial charge >= 0.3 is 0 Å². The summed E-state index contributed by atoms with van der Waals surface area (Å²) in [7, 11) is 1.53. The van der Waals surface area contributed by atoms with Gasteiger partial charge in [-0.3, -0.25) is 19.7 Å². The summed E-state index contributed by atoms with van der Waals surface area (Å²) < 4.78 is 10.7. The zero-order valence-corrected chi connectivity index (χ0v) is 18.0. The van der Waals surface area contributed by atoms with Crippen LogP contribution in [0, 0.1) is 10.1 Å². The van der Waals surface area contributed by atoms with Crippen LogP contribution in [0.25, 0.3) is 5.76 Å². The molecule has 1 aliphatic rings. The van der Waals surface area contributed by atoms with Gasteiger partial charge in [-0.25, -0.2) is 0 Å². The first-order chi connectivity index (χ1) is 15.2. The first kappa shape index (κ1) is 23.0. The summed E-state index contributed by atoms with van der Waals surface area (Å²) in [6, 6.07) is 11.1. The van der Waals surface area contributed by atoms with Crippen LogP contribution in [0.1, 0.15) is 31.0 Å². The number of rotatable bonds is 8. The largest absolute Gasteiger partial charge is 0.507 e. The highest BCUT2D eigenvalue weighted by Gasteiger charge is 2.45. The molecule has 1 saturated heterocycles. The molecule has 0 bridgehead atoms. The second kappa shape index (κ2) is 9.61. The van der Waals surface area contributed by atoms with E-state index >= 15 is 0 Å². The van der Waals surface area contributed by atoms with Gasteiger partial charge in [-0.15, -0.1) is 0 Å². The minimum atomic E-state index is -0.841. The molecule has 0 spiro atoms. The third-order valence-corrected chi connectivity index (χ3v) is 5.11. The Morgan fingerprint density at radius 3 is 2.28 bits per heavy atom. The number of aliphatic hydroxyl groups excluding tert-OH is 1. The van der Waals surface area contributed by atoms with Gasteiger partial charge in [0, 0.05) is 24.2 Å². The van der Waals surface area contributed by atoms with Gasteiger partial charge < -0.3 is 19.5 Å². The molecule has 9 nitrogen and oxygen atoms in total. The predicted octanol–water partition coefficient (Wildman–Crippen LogP) is 3.45. The number of carbonyl (C=O) groups excluding carboxylic acids is 2. The van der Waals surface area contributed by atoms with Gasteiger partial charge in [0.15, 0.2) is 0 Å². The number of methoxy groups -OCH3 is 1.